The van der Waals surface area contributed by atoms with Crippen molar-refractivity contribution in [3.05, 3.63) is 0 Å². The van der Waals surface area contributed by atoms with Gasteiger partial charge in [0.25, 0.3) is 0 Å². The quantitative estimate of drug-likeness (QED) is 0.735. The van der Waals surface area contributed by atoms with Crippen molar-refractivity contribution in [2.24, 2.45) is 5.92 Å². The number of sulfone groups is 1. The van der Waals surface area contributed by atoms with Crippen LogP contribution in [0.1, 0.15) is 27.2 Å². The average Bonchev–Trinajstić information content (AvgIpc) is 2.74. The molecule has 2 unspecified atom stereocenters. The van der Waals surface area contributed by atoms with Crippen LogP contribution in [0, 0.1) is 5.92 Å². The first-order chi connectivity index (χ1) is 7.96. The van der Waals surface area contributed by atoms with E-state index in [1.165, 1.54) is 13.0 Å². The van der Waals surface area contributed by atoms with Crippen LogP contribution in [0.2, 0.25) is 0 Å². The molecule has 5 heteroatoms. The van der Waals surface area contributed by atoms with E-state index in [0.29, 0.717) is 5.92 Å². The van der Waals surface area contributed by atoms with Gasteiger partial charge in [-0.15, -0.1) is 0 Å². The van der Waals surface area contributed by atoms with E-state index in [1.54, 1.807) is 6.92 Å². The van der Waals surface area contributed by atoms with Gasteiger partial charge in [-0.2, -0.15) is 0 Å². The fourth-order valence-electron chi connectivity index (χ4n) is 2.29. The van der Waals surface area contributed by atoms with Crippen molar-refractivity contribution in [3.8, 4) is 0 Å². The first-order valence-corrected chi connectivity index (χ1v) is 8.45. The van der Waals surface area contributed by atoms with Gasteiger partial charge in [-0.25, -0.2) is 8.42 Å². The van der Waals surface area contributed by atoms with Crippen LogP contribution in [0.3, 0.4) is 0 Å². The highest BCUT2D eigenvalue weighted by Crippen LogP contribution is 2.14. The molecule has 0 radical (unpaired) electrons. The van der Waals surface area contributed by atoms with Crippen LogP contribution < -0.4 is 5.32 Å². The van der Waals surface area contributed by atoms with E-state index in [-0.39, 0.29) is 17.5 Å². The third-order valence-corrected chi connectivity index (χ3v) is 5.40. The second-order valence-electron chi connectivity index (χ2n) is 5.06. The zero-order chi connectivity index (χ0) is 12.9. The van der Waals surface area contributed by atoms with Gasteiger partial charge in [0, 0.05) is 18.3 Å². The SMILES string of the molecule is CCN1CCC(CNC(C)CS(=O)(=O)CC)C1. The van der Waals surface area contributed by atoms with Crippen molar-refractivity contribution in [1.82, 2.24) is 10.2 Å². The average molecular weight is 262 g/mol. The molecule has 102 valence electrons. The molecule has 0 bridgehead atoms. The summed E-state index contributed by atoms with van der Waals surface area (Å²) >= 11 is 0. The smallest absolute Gasteiger partial charge is 0.151 e. The molecule has 17 heavy (non-hydrogen) atoms. The summed E-state index contributed by atoms with van der Waals surface area (Å²) in [6, 6.07) is 0.0654. The van der Waals surface area contributed by atoms with Gasteiger partial charge in [0.2, 0.25) is 0 Å². The van der Waals surface area contributed by atoms with E-state index in [0.717, 1.165) is 19.6 Å². The third kappa shape index (κ3) is 5.36. The van der Waals surface area contributed by atoms with Crippen molar-refractivity contribution in [2.75, 3.05) is 37.7 Å². The maximum atomic E-state index is 11.5. The highest BCUT2D eigenvalue weighted by atomic mass is 32.2. The Labute approximate surface area is 106 Å². The molecule has 2 atom stereocenters. The van der Waals surface area contributed by atoms with E-state index in [4.69, 9.17) is 0 Å². The Morgan fingerprint density at radius 3 is 2.65 bits per heavy atom. The molecule has 4 nitrogen and oxygen atoms in total. The molecule has 0 amide bonds. The molecule has 1 fully saturated rings. The van der Waals surface area contributed by atoms with Gasteiger partial charge >= 0.3 is 0 Å². The fraction of sp³-hybridized carbons (Fsp3) is 1.00. The number of nitrogens with zero attached hydrogens (tertiary/aromatic N) is 1. The van der Waals surface area contributed by atoms with Gasteiger partial charge in [-0.1, -0.05) is 13.8 Å². The van der Waals surface area contributed by atoms with E-state index in [9.17, 15) is 8.42 Å². The Hall–Kier alpha value is -0.130. The van der Waals surface area contributed by atoms with Crippen molar-refractivity contribution < 1.29 is 8.42 Å². The van der Waals surface area contributed by atoms with Gasteiger partial charge in [-0.3, -0.25) is 0 Å². The summed E-state index contributed by atoms with van der Waals surface area (Å²) in [5.74, 6) is 1.18. The largest absolute Gasteiger partial charge is 0.313 e. The third-order valence-electron chi connectivity index (χ3n) is 3.52. The van der Waals surface area contributed by atoms with Crippen LogP contribution in [0.25, 0.3) is 0 Å². The maximum absolute atomic E-state index is 11.5. The molecule has 1 rings (SSSR count). The maximum Gasteiger partial charge on any atom is 0.151 e. The van der Waals surface area contributed by atoms with Crippen LogP contribution in [-0.2, 0) is 9.84 Å². The zero-order valence-electron chi connectivity index (χ0n) is 11.3. The Balaban J connectivity index is 2.23. The minimum atomic E-state index is -2.85. The second kappa shape index (κ2) is 6.71. The number of rotatable bonds is 7. The molecule has 0 spiro atoms. The van der Waals surface area contributed by atoms with Gasteiger partial charge < -0.3 is 10.2 Å². The van der Waals surface area contributed by atoms with Crippen molar-refractivity contribution in [1.29, 1.82) is 0 Å². The van der Waals surface area contributed by atoms with Crippen LogP contribution in [0.15, 0.2) is 0 Å². The predicted molar refractivity (Wildman–Crippen MR) is 72.0 cm³/mol. The molecule has 0 aromatic heterocycles. The van der Waals surface area contributed by atoms with Crippen molar-refractivity contribution >= 4 is 9.84 Å². The van der Waals surface area contributed by atoms with Gasteiger partial charge in [0.1, 0.15) is 0 Å². The minimum Gasteiger partial charge on any atom is -0.313 e. The summed E-state index contributed by atoms with van der Waals surface area (Å²) in [6.07, 6.45) is 1.23. The number of hydrogen-bond acceptors (Lipinski definition) is 4. The zero-order valence-corrected chi connectivity index (χ0v) is 12.1. The van der Waals surface area contributed by atoms with Gasteiger partial charge in [0.15, 0.2) is 9.84 Å². The van der Waals surface area contributed by atoms with E-state index < -0.39 is 9.84 Å². The molecular weight excluding hydrogens is 236 g/mol. The highest BCUT2D eigenvalue weighted by Gasteiger charge is 2.22. The van der Waals surface area contributed by atoms with Crippen molar-refractivity contribution in [2.45, 2.75) is 33.2 Å². The van der Waals surface area contributed by atoms with E-state index >= 15 is 0 Å². The lowest BCUT2D eigenvalue weighted by atomic mass is 10.1. The molecule has 1 saturated heterocycles. The molecule has 0 aromatic rings. The second-order valence-corrected chi connectivity index (χ2v) is 7.45. The first kappa shape index (κ1) is 14.9. The van der Waals surface area contributed by atoms with Crippen LogP contribution in [0.4, 0.5) is 0 Å². The lowest BCUT2D eigenvalue weighted by molar-refractivity contribution is 0.337. The monoisotopic (exact) mass is 262 g/mol. The van der Waals surface area contributed by atoms with Crippen LogP contribution in [-0.4, -0.2) is 57.0 Å². The standard InChI is InChI=1S/C12H26N2O2S/c1-4-14-7-6-12(9-14)8-13-11(3)10-17(15,16)5-2/h11-13H,4-10H2,1-3H3. The Kier molecular flexibility index (Phi) is 5.89. The highest BCUT2D eigenvalue weighted by molar-refractivity contribution is 7.91. The molecule has 1 N–H and O–H groups in total. The first-order valence-electron chi connectivity index (χ1n) is 6.63. The van der Waals surface area contributed by atoms with Crippen LogP contribution in [0.5, 0.6) is 0 Å². The summed E-state index contributed by atoms with van der Waals surface area (Å²) in [7, 11) is -2.85. The topological polar surface area (TPSA) is 49.4 Å². The van der Waals surface area contributed by atoms with E-state index in [1.807, 2.05) is 6.92 Å². The predicted octanol–water partition coefficient (Wildman–Crippen LogP) is 0.741. The van der Waals surface area contributed by atoms with Crippen molar-refractivity contribution in [3.63, 3.8) is 0 Å². The van der Waals surface area contributed by atoms with Gasteiger partial charge in [-0.05, 0) is 38.9 Å². The number of hydrogen-bond donors (Lipinski definition) is 1. The Morgan fingerprint density at radius 1 is 1.41 bits per heavy atom. The lowest BCUT2D eigenvalue weighted by Gasteiger charge is -2.17. The molecule has 1 aliphatic heterocycles. The Bertz CT molecular complexity index is 316. The summed E-state index contributed by atoms with van der Waals surface area (Å²) in [5, 5.41) is 3.35. The van der Waals surface area contributed by atoms with Crippen LogP contribution >= 0.6 is 0 Å². The summed E-state index contributed by atoms with van der Waals surface area (Å²) in [5.41, 5.74) is 0. The molecule has 0 aliphatic carbocycles. The molecular formula is C12H26N2O2S. The number of likely N-dealkylation sites (tertiary alicyclic amines) is 1. The summed E-state index contributed by atoms with van der Waals surface area (Å²) in [4.78, 5) is 2.44. The minimum absolute atomic E-state index is 0.0654. The Morgan fingerprint density at radius 2 is 2.12 bits per heavy atom. The lowest BCUT2D eigenvalue weighted by Crippen LogP contribution is -2.37. The number of nitrogens with one attached hydrogen (secondary N) is 1. The molecule has 1 heterocycles. The van der Waals surface area contributed by atoms with E-state index in [2.05, 4.69) is 17.1 Å². The fourth-order valence-corrected chi connectivity index (χ4v) is 3.41. The van der Waals surface area contributed by atoms with Gasteiger partial charge in [0.05, 0.1) is 5.75 Å². The normalized spacial score (nSPS) is 24.1. The molecule has 0 saturated carbocycles. The summed E-state index contributed by atoms with van der Waals surface area (Å²) in [6.45, 7) is 10.2. The molecule has 0 aromatic carbocycles. The summed E-state index contributed by atoms with van der Waals surface area (Å²) < 4.78 is 22.9. The molecule has 1 aliphatic rings.